The number of rotatable bonds is 8. The topological polar surface area (TPSA) is 49.4 Å². The van der Waals surface area contributed by atoms with Crippen LogP contribution < -0.4 is 10.2 Å². The third-order valence-electron chi connectivity index (χ3n) is 5.58. The Hall–Kier alpha value is -4.39. The summed E-state index contributed by atoms with van der Waals surface area (Å²) >= 11 is 0. The zero-order valence-corrected chi connectivity index (χ0v) is 19.3. The van der Waals surface area contributed by atoms with Gasteiger partial charge in [-0.05, 0) is 53.1 Å². The van der Waals surface area contributed by atoms with Gasteiger partial charge in [0, 0.05) is 18.3 Å². The summed E-state index contributed by atoms with van der Waals surface area (Å²) in [6.07, 6.45) is 0.0489. The Bertz CT molecular complexity index is 1360. The van der Waals surface area contributed by atoms with Crippen LogP contribution in [0.2, 0.25) is 0 Å². The molecule has 4 rings (SSSR count). The molecule has 4 nitrogen and oxygen atoms in total. The molecule has 0 saturated heterocycles. The summed E-state index contributed by atoms with van der Waals surface area (Å²) in [7, 11) is 0. The molecule has 0 fully saturated rings. The molecule has 0 spiro atoms. The Morgan fingerprint density at radius 1 is 0.694 bits per heavy atom. The molecule has 2 amide bonds. The standard InChI is InChI=1S/C29H23F3N2O2/c30-23-11-9-20(10-12-23)18-33-28(35)16-22-7-4-8-25(15-22)34(19-21-5-2-1-3-6-21)29(36)26-14-13-24(31)17-27(26)32/h1-15,17H,16,18-19H2,(H,33,35). The summed E-state index contributed by atoms with van der Waals surface area (Å²) < 4.78 is 40.9. The number of nitrogens with one attached hydrogen (secondary N) is 1. The van der Waals surface area contributed by atoms with E-state index in [1.165, 1.54) is 17.0 Å². The van der Waals surface area contributed by atoms with Crippen LogP contribution in [-0.4, -0.2) is 11.8 Å². The zero-order chi connectivity index (χ0) is 25.5. The second-order valence-electron chi connectivity index (χ2n) is 8.25. The highest BCUT2D eigenvalue weighted by atomic mass is 19.1. The van der Waals surface area contributed by atoms with Gasteiger partial charge in [0.15, 0.2) is 0 Å². The lowest BCUT2D eigenvalue weighted by atomic mass is 10.1. The smallest absolute Gasteiger partial charge is 0.261 e. The molecule has 0 aliphatic carbocycles. The maximum Gasteiger partial charge on any atom is 0.261 e. The summed E-state index contributed by atoms with van der Waals surface area (Å²) in [6, 6.07) is 24.7. The minimum atomic E-state index is -0.950. The van der Waals surface area contributed by atoms with E-state index in [-0.39, 0.29) is 36.8 Å². The highest BCUT2D eigenvalue weighted by Gasteiger charge is 2.22. The molecule has 0 radical (unpaired) electrons. The van der Waals surface area contributed by atoms with Crippen molar-refractivity contribution in [1.82, 2.24) is 5.32 Å². The number of carbonyl (C=O) groups excluding carboxylic acids is 2. The van der Waals surface area contributed by atoms with Crippen LogP contribution >= 0.6 is 0 Å². The molecule has 7 heteroatoms. The van der Waals surface area contributed by atoms with Crippen LogP contribution in [0.4, 0.5) is 18.9 Å². The molecule has 0 unspecified atom stereocenters. The Kier molecular flexibility index (Phi) is 7.80. The highest BCUT2D eigenvalue weighted by Crippen LogP contribution is 2.23. The van der Waals surface area contributed by atoms with Gasteiger partial charge < -0.3 is 10.2 Å². The lowest BCUT2D eigenvalue weighted by Crippen LogP contribution is -2.31. The minimum Gasteiger partial charge on any atom is -0.352 e. The molecule has 1 N–H and O–H groups in total. The van der Waals surface area contributed by atoms with Crippen molar-refractivity contribution in [2.45, 2.75) is 19.5 Å². The van der Waals surface area contributed by atoms with Crippen LogP contribution in [0.5, 0.6) is 0 Å². The first-order valence-electron chi connectivity index (χ1n) is 11.3. The Morgan fingerprint density at radius 3 is 2.11 bits per heavy atom. The second-order valence-corrected chi connectivity index (χ2v) is 8.25. The SMILES string of the molecule is O=C(Cc1cccc(N(Cc2ccccc2)C(=O)c2ccc(F)cc2F)c1)NCc1ccc(F)cc1. The van der Waals surface area contributed by atoms with E-state index in [2.05, 4.69) is 5.32 Å². The third-order valence-corrected chi connectivity index (χ3v) is 5.58. The van der Waals surface area contributed by atoms with Crippen molar-refractivity contribution in [1.29, 1.82) is 0 Å². The third kappa shape index (κ3) is 6.39. The van der Waals surface area contributed by atoms with Crippen molar-refractivity contribution in [3.05, 3.63) is 137 Å². The predicted octanol–water partition coefficient (Wildman–Crippen LogP) is 5.81. The van der Waals surface area contributed by atoms with Crippen LogP contribution in [0.3, 0.4) is 0 Å². The number of halogens is 3. The average molecular weight is 489 g/mol. The van der Waals surface area contributed by atoms with Gasteiger partial charge in [-0.3, -0.25) is 9.59 Å². The largest absolute Gasteiger partial charge is 0.352 e. The monoisotopic (exact) mass is 488 g/mol. The molecule has 4 aromatic rings. The summed E-state index contributed by atoms with van der Waals surface area (Å²) in [4.78, 5) is 27.3. The summed E-state index contributed by atoms with van der Waals surface area (Å²) in [5.41, 5.74) is 2.44. The number of amides is 2. The number of carbonyl (C=O) groups is 2. The van der Waals surface area contributed by atoms with E-state index in [4.69, 9.17) is 0 Å². The number of benzene rings is 4. The molecule has 0 aliphatic heterocycles. The van der Waals surface area contributed by atoms with Gasteiger partial charge >= 0.3 is 0 Å². The number of hydrogen-bond donors (Lipinski definition) is 1. The normalized spacial score (nSPS) is 10.6. The lowest BCUT2D eigenvalue weighted by molar-refractivity contribution is -0.120. The van der Waals surface area contributed by atoms with Crippen LogP contribution in [0.15, 0.2) is 97.1 Å². The molecule has 0 aliphatic rings. The van der Waals surface area contributed by atoms with Crippen molar-refractivity contribution < 1.29 is 22.8 Å². The second kappa shape index (κ2) is 11.4. The molecule has 0 atom stereocenters. The molecule has 0 aromatic heterocycles. The molecule has 0 saturated carbocycles. The number of nitrogens with zero attached hydrogens (tertiary/aromatic N) is 1. The van der Waals surface area contributed by atoms with Gasteiger partial charge in [0.2, 0.25) is 5.91 Å². The maximum absolute atomic E-state index is 14.5. The molecule has 0 heterocycles. The molecule has 182 valence electrons. The highest BCUT2D eigenvalue weighted by molar-refractivity contribution is 6.06. The van der Waals surface area contributed by atoms with Crippen LogP contribution in [-0.2, 0) is 24.3 Å². The minimum absolute atomic E-state index is 0.0489. The summed E-state index contributed by atoms with van der Waals surface area (Å²) in [6.45, 7) is 0.401. The Balaban J connectivity index is 1.55. The van der Waals surface area contributed by atoms with Gasteiger partial charge in [-0.2, -0.15) is 0 Å². The van der Waals surface area contributed by atoms with Crippen molar-refractivity contribution in [3.63, 3.8) is 0 Å². The van der Waals surface area contributed by atoms with Gasteiger partial charge in [-0.1, -0.05) is 54.6 Å². The fraction of sp³-hybridized carbons (Fsp3) is 0.103. The predicted molar refractivity (Wildman–Crippen MR) is 132 cm³/mol. The van der Waals surface area contributed by atoms with E-state index in [1.54, 1.807) is 36.4 Å². The average Bonchev–Trinajstić information content (AvgIpc) is 2.87. The van der Waals surface area contributed by atoms with Gasteiger partial charge in [-0.25, -0.2) is 13.2 Å². The Morgan fingerprint density at radius 2 is 1.39 bits per heavy atom. The fourth-order valence-corrected chi connectivity index (χ4v) is 3.74. The number of anilines is 1. The summed E-state index contributed by atoms with van der Waals surface area (Å²) in [5.74, 6) is -2.95. The molecule has 0 bridgehead atoms. The maximum atomic E-state index is 14.5. The summed E-state index contributed by atoms with van der Waals surface area (Å²) in [5, 5.41) is 2.79. The lowest BCUT2D eigenvalue weighted by Gasteiger charge is -2.24. The van der Waals surface area contributed by atoms with Crippen molar-refractivity contribution in [3.8, 4) is 0 Å². The zero-order valence-electron chi connectivity index (χ0n) is 19.3. The molecular formula is C29H23F3N2O2. The van der Waals surface area contributed by atoms with Gasteiger partial charge in [-0.15, -0.1) is 0 Å². The van der Waals surface area contributed by atoms with E-state index in [9.17, 15) is 22.8 Å². The van der Waals surface area contributed by atoms with E-state index >= 15 is 0 Å². The number of hydrogen-bond acceptors (Lipinski definition) is 2. The molecule has 4 aromatic carbocycles. The van der Waals surface area contributed by atoms with E-state index < -0.39 is 17.5 Å². The van der Waals surface area contributed by atoms with E-state index in [0.717, 1.165) is 23.3 Å². The van der Waals surface area contributed by atoms with Crippen molar-refractivity contribution >= 4 is 17.5 Å². The van der Waals surface area contributed by atoms with Crippen molar-refractivity contribution in [2.75, 3.05) is 4.90 Å². The van der Waals surface area contributed by atoms with Gasteiger partial charge in [0.05, 0.1) is 18.5 Å². The first-order chi connectivity index (χ1) is 17.4. The van der Waals surface area contributed by atoms with E-state index in [0.29, 0.717) is 17.3 Å². The molecular weight excluding hydrogens is 465 g/mol. The molecule has 36 heavy (non-hydrogen) atoms. The van der Waals surface area contributed by atoms with Gasteiger partial charge in [0.1, 0.15) is 17.5 Å². The Labute approximate surface area is 207 Å². The van der Waals surface area contributed by atoms with E-state index in [1.807, 2.05) is 30.3 Å². The first-order valence-corrected chi connectivity index (χ1v) is 11.3. The van der Waals surface area contributed by atoms with Crippen LogP contribution in [0.1, 0.15) is 27.0 Å². The van der Waals surface area contributed by atoms with Crippen LogP contribution in [0.25, 0.3) is 0 Å². The van der Waals surface area contributed by atoms with Crippen molar-refractivity contribution in [2.24, 2.45) is 0 Å². The van der Waals surface area contributed by atoms with Crippen LogP contribution in [0, 0.1) is 17.5 Å². The fourth-order valence-electron chi connectivity index (χ4n) is 3.74. The van der Waals surface area contributed by atoms with Gasteiger partial charge in [0.25, 0.3) is 5.91 Å². The quantitative estimate of drug-likeness (QED) is 0.340. The first kappa shape index (κ1) is 24.7.